The minimum Gasteiger partial charge on any atom is -0.316 e. The summed E-state index contributed by atoms with van der Waals surface area (Å²) in [5.41, 5.74) is 4.10. The summed E-state index contributed by atoms with van der Waals surface area (Å²) >= 11 is 0. The molecule has 0 spiro atoms. The highest BCUT2D eigenvalue weighted by atomic mass is 14.8. The van der Waals surface area contributed by atoms with Crippen molar-refractivity contribution >= 4 is 6.08 Å². The van der Waals surface area contributed by atoms with Crippen molar-refractivity contribution in [2.75, 3.05) is 13.1 Å². The first-order valence-corrected chi connectivity index (χ1v) is 6.19. The first kappa shape index (κ1) is 13.0. The maximum Gasteiger partial charge on any atom is -0.00142 e. The van der Waals surface area contributed by atoms with Gasteiger partial charge in [0.25, 0.3) is 0 Å². The zero-order valence-corrected chi connectivity index (χ0v) is 10.7. The molecular formula is C15H23N. The van der Waals surface area contributed by atoms with Gasteiger partial charge in [-0.3, -0.25) is 0 Å². The number of hydrogen-bond acceptors (Lipinski definition) is 1. The van der Waals surface area contributed by atoms with E-state index in [0.29, 0.717) is 0 Å². The van der Waals surface area contributed by atoms with Gasteiger partial charge in [-0.2, -0.15) is 0 Å². The third-order valence-corrected chi connectivity index (χ3v) is 2.86. The van der Waals surface area contributed by atoms with Gasteiger partial charge in [0.15, 0.2) is 0 Å². The molecular weight excluding hydrogens is 194 g/mol. The highest BCUT2D eigenvalue weighted by Gasteiger charge is 1.95. The van der Waals surface area contributed by atoms with Crippen LogP contribution in [0.1, 0.15) is 36.5 Å². The fourth-order valence-corrected chi connectivity index (χ4v) is 1.65. The summed E-state index contributed by atoms with van der Waals surface area (Å²) in [6.07, 6.45) is 6.80. The molecule has 1 aromatic carbocycles. The third kappa shape index (κ3) is 4.19. The third-order valence-electron chi connectivity index (χ3n) is 2.86. The van der Waals surface area contributed by atoms with Crippen LogP contribution in [0.25, 0.3) is 6.08 Å². The quantitative estimate of drug-likeness (QED) is 0.716. The lowest BCUT2D eigenvalue weighted by atomic mass is 10.0. The van der Waals surface area contributed by atoms with Crippen LogP contribution in [-0.2, 0) is 0 Å². The van der Waals surface area contributed by atoms with Crippen LogP contribution >= 0.6 is 0 Å². The van der Waals surface area contributed by atoms with Crippen molar-refractivity contribution < 1.29 is 0 Å². The molecule has 1 N–H and O–H groups in total. The van der Waals surface area contributed by atoms with Crippen LogP contribution in [-0.4, -0.2) is 13.1 Å². The van der Waals surface area contributed by atoms with E-state index in [1.165, 1.54) is 23.1 Å². The zero-order valence-electron chi connectivity index (χ0n) is 10.7. The first-order valence-electron chi connectivity index (χ1n) is 6.19. The highest BCUT2D eigenvalue weighted by molar-refractivity contribution is 5.55. The SMILES string of the molecule is CCCNCC/C=C\c1cccc(C)c1C. The molecule has 0 atom stereocenters. The van der Waals surface area contributed by atoms with Crippen molar-refractivity contribution in [3.05, 3.63) is 41.0 Å². The van der Waals surface area contributed by atoms with E-state index in [1.54, 1.807) is 0 Å². The minimum absolute atomic E-state index is 1.08. The van der Waals surface area contributed by atoms with E-state index in [-0.39, 0.29) is 0 Å². The topological polar surface area (TPSA) is 12.0 Å². The molecule has 0 aromatic heterocycles. The lowest BCUT2D eigenvalue weighted by molar-refractivity contribution is 0.679. The summed E-state index contributed by atoms with van der Waals surface area (Å²) in [6, 6.07) is 6.46. The van der Waals surface area contributed by atoms with Gasteiger partial charge in [-0.05, 0) is 56.5 Å². The average molecular weight is 217 g/mol. The molecule has 88 valence electrons. The van der Waals surface area contributed by atoms with E-state index in [4.69, 9.17) is 0 Å². The summed E-state index contributed by atoms with van der Waals surface area (Å²) in [6.45, 7) is 8.74. The lowest BCUT2D eigenvalue weighted by Crippen LogP contribution is -2.14. The van der Waals surface area contributed by atoms with E-state index in [1.807, 2.05) is 0 Å². The normalized spacial score (nSPS) is 11.2. The van der Waals surface area contributed by atoms with Gasteiger partial charge in [0.2, 0.25) is 0 Å². The van der Waals surface area contributed by atoms with Gasteiger partial charge in [0.1, 0.15) is 0 Å². The molecule has 16 heavy (non-hydrogen) atoms. The van der Waals surface area contributed by atoms with Crippen LogP contribution in [0.3, 0.4) is 0 Å². The second kappa shape index (κ2) is 7.24. The molecule has 0 unspecified atom stereocenters. The smallest absolute Gasteiger partial charge is 0.00142 e. The Morgan fingerprint density at radius 1 is 1.19 bits per heavy atom. The van der Waals surface area contributed by atoms with Crippen LogP contribution < -0.4 is 5.32 Å². The summed E-state index contributed by atoms with van der Waals surface area (Å²) < 4.78 is 0. The van der Waals surface area contributed by atoms with Crippen molar-refractivity contribution in [1.29, 1.82) is 0 Å². The maximum absolute atomic E-state index is 3.40. The van der Waals surface area contributed by atoms with Crippen molar-refractivity contribution in [2.45, 2.75) is 33.6 Å². The Morgan fingerprint density at radius 2 is 2.00 bits per heavy atom. The number of benzene rings is 1. The largest absolute Gasteiger partial charge is 0.316 e. The number of hydrogen-bond donors (Lipinski definition) is 1. The second-order valence-electron chi connectivity index (χ2n) is 4.23. The standard InChI is InChI=1S/C15H23N/c1-4-11-16-12-6-5-9-15-10-7-8-13(2)14(15)3/h5,7-10,16H,4,6,11-12H2,1-3H3/b9-5-. The number of rotatable bonds is 6. The summed E-state index contributed by atoms with van der Waals surface area (Å²) in [5.74, 6) is 0. The fraction of sp³-hybridized carbons (Fsp3) is 0.467. The molecule has 0 saturated carbocycles. The van der Waals surface area contributed by atoms with Crippen LogP contribution in [0.15, 0.2) is 24.3 Å². The average Bonchev–Trinajstić information content (AvgIpc) is 2.29. The van der Waals surface area contributed by atoms with E-state index < -0.39 is 0 Å². The second-order valence-corrected chi connectivity index (χ2v) is 4.23. The molecule has 1 heteroatoms. The molecule has 0 radical (unpaired) electrons. The molecule has 0 heterocycles. The van der Waals surface area contributed by atoms with Crippen LogP contribution in [0, 0.1) is 13.8 Å². The molecule has 0 fully saturated rings. The van der Waals surface area contributed by atoms with Gasteiger partial charge in [-0.15, -0.1) is 0 Å². The van der Waals surface area contributed by atoms with Gasteiger partial charge in [-0.1, -0.05) is 37.3 Å². The van der Waals surface area contributed by atoms with Crippen molar-refractivity contribution in [1.82, 2.24) is 5.32 Å². The Hall–Kier alpha value is -1.08. The van der Waals surface area contributed by atoms with Gasteiger partial charge in [0.05, 0.1) is 0 Å². The molecule has 0 aliphatic carbocycles. The van der Waals surface area contributed by atoms with Crippen LogP contribution in [0.4, 0.5) is 0 Å². The Bertz CT molecular complexity index is 339. The van der Waals surface area contributed by atoms with E-state index in [2.05, 4.69) is 56.4 Å². The van der Waals surface area contributed by atoms with Crippen molar-refractivity contribution in [3.8, 4) is 0 Å². The predicted molar refractivity (Wildman–Crippen MR) is 72.7 cm³/mol. The molecule has 1 nitrogen and oxygen atoms in total. The Labute approximate surface area is 99.6 Å². The Morgan fingerprint density at radius 3 is 2.75 bits per heavy atom. The highest BCUT2D eigenvalue weighted by Crippen LogP contribution is 2.14. The summed E-state index contributed by atoms with van der Waals surface area (Å²) in [7, 11) is 0. The molecule has 0 saturated heterocycles. The maximum atomic E-state index is 3.40. The molecule has 0 amide bonds. The Balaban J connectivity index is 2.41. The monoisotopic (exact) mass is 217 g/mol. The van der Waals surface area contributed by atoms with E-state index in [0.717, 1.165) is 19.5 Å². The van der Waals surface area contributed by atoms with E-state index >= 15 is 0 Å². The zero-order chi connectivity index (χ0) is 11.8. The van der Waals surface area contributed by atoms with E-state index in [9.17, 15) is 0 Å². The molecule has 0 aliphatic heterocycles. The lowest BCUT2D eigenvalue weighted by Gasteiger charge is -2.03. The number of aryl methyl sites for hydroxylation is 1. The van der Waals surface area contributed by atoms with Crippen LogP contribution in [0.5, 0.6) is 0 Å². The first-order chi connectivity index (χ1) is 7.75. The van der Waals surface area contributed by atoms with Gasteiger partial charge in [0, 0.05) is 0 Å². The summed E-state index contributed by atoms with van der Waals surface area (Å²) in [5, 5.41) is 3.40. The Kier molecular flexibility index (Phi) is 5.87. The van der Waals surface area contributed by atoms with Crippen LogP contribution in [0.2, 0.25) is 0 Å². The molecule has 1 aromatic rings. The summed E-state index contributed by atoms with van der Waals surface area (Å²) in [4.78, 5) is 0. The molecule has 1 rings (SSSR count). The van der Waals surface area contributed by atoms with Gasteiger partial charge >= 0.3 is 0 Å². The molecule has 0 bridgehead atoms. The minimum atomic E-state index is 1.08. The number of nitrogens with one attached hydrogen (secondary N) is 1. The molecule has 0 aliphatic rings. The fourth-order valence-electron chi connectivity index (χ4n) is 1.65. The van der Waals surface area contributed by atoms with Gasteiger partial charge < -0.3 is 5.32 Å². The van der Waals surface area contributed by atoms with Crippen molar-refractivity contribution in [3.63, 3.8) is 0 Å². The predicted octanol–water partition coefficient (Wildman–Crippen LogP) is 3.71. The van der Waals surface area contributed by atoms with Gasteiger partial charge in [-0.25, -0.2) is 0 Å². The van der Waals surface area contributed by atoms with Crippen molar-refractivity contribution in [2.24, 2.45) is 0 Å².